The molecule has 0 bridgehead atoms. The molecule has 1 atom stereocenters. The van der Waals surface area contributed by atoms with Crippen LogP contribution >= 0.6 is 11.6 Å². The lowest BCUT2D eigenvalue weighted by Gasteiger charge is -2.15. The van der Waals surface area contributed by atoms with E-state index in [0.717, 1.165) is 11.4 Å². The highest BCUT2D eigenvalue weighted by Gasteiger charge is 2.08. The van der Waals surface area contributed by atoms with Crippen LogP contribution < -0.4 is 14.8 Å². The molecule has 0 saturated heterocycles. The van der Waals surface area contributed by atoms with Crippen LogP contribution in [0.15, 0.2) is 48.5 Å². The fourth-order valence-corrected chi connectivity index (χ4v) is 1.95. The summed E-state index contributed by atoms with van der Waals surface area (Å²) < 4.78 is 10.6. The maximum atomic E-state index is 9.93. The Labute approximate surface area is 129 Å². The number of benzene rings is 2. The minimum absolute atomic E-state index is 0.207. The van der Waals surface area contributed by atoms with Crippen LogP contribution in [0, 0.1) is 0 Å². The first-order valence-electron chi connectivity index (χ1n) is 6.62. The lowest BCUT2D eigenvalue weighted by Crippen LogP contribution is -2.26. The van der Waals surface area contributed by atoms with Crippen molar-refractivity contribution in [2.24, 2.45) is 0 Å². The first-order chi connectivity index (χ1) is 10.2. The highest BCUT2D eigenvalue weighted by atomic mass is 35.5. The molecule has 4 nitrogen and oxygen atoms in total. The van der Waals surface area contributed by atoms with Crippen LogP contribution in [0.25, 0.3) is 0 Å². The van der Waals surface area contributed by atoms with E-state index < -0.39 is 6.10 Å². The highest BCUT2D eigenvalue weighted by Crippen LogP contribution is 2.26. The molecule has 0 aliphatic rings. The predicted octanol–water partition coefficient (Wildman–Crippen LogP) is 3.20. The molecule has 2 N–H and O–H groups in total. The van der Waals surface area contributed by atoms with E-state index in [0.29, 0.717) is 17.3 Å². The first kappa shape index (κ1) is 15.5. The summed E-state index contributed by atoms with van der Waals surface area (Å²) in [5.41, 5.74) is 0.717. The molecule has 0 aliphatic heterocycles. The lowest BCUT2D eigenvalue weighted by molar-refractivity contribution is 0.117. The van der Waals surface area contributed by atoms with Gasteiger partial charge in [-0.05, 0) is 24.3 Å². The lowest BCUT2D eigenvalue weighted by atomic mass is 10.2. The summed E-state index contributed by atoms with van der Waals surface area (Å²) >= 11 is 6.08. The molecule has 2 aromatic carbocycles. The number of hydrogen-bond donors (Lipinski definition) is 2. The third kappa shape index (κ3) is 4.85. The number of rotatable bonds is 7. The summed E-state index contributed by atoms with van der Waals surface area (Å²) in [5, 5.41) is 13.6. The summed E-state index contributed by atoms with van der Waals surface area (Å²) in [6.07, 6.45) is -0.646. The number of para-hydroxylation sites is 1. The van der Waals surface area contributed by atoms with Gasteiger partial charge in [0.1, 0.15) is 24.2 Å². The quantitative estimate of drug-likeness (QED) is 0.825. The molecule has 0 aliphatic carbocycles. The van der Waals surface area contributed by atoms with Crippen molar-refractivity contribution in [1.82, 2.24) is 0 Å². The summed E-state index contributed by atoms with van der Waals surface area (Å²) in [6.45, 7) is 0.540. The Hall–Kier alpha value is -1.91. The molecular weight excluding hydrogens is 290 g/mol. The van der Waals surface area contributed by atoms with Gasteiger partial charge in [0.05, 0.1) is 17.8 Å². The Kier molecular flexibility index (Phi) is 5.72. The average molecular weight is 308 g/mol. The molecular formula is C16H18ClNO3. The van der Waals surface area contributed by atoms with E-state index in [1.54, 1.807) is 25.3 Å². The minimum atomic E-state index is -0.646. The molecule has 0 heterocycles. The van der Waals surface area contributed by atoms with Gasteiger partial charge in [-0.25, -0.2) is 0 Å². The SMILES string of the molecule is COc1ccc(Cl)c(NCC(O)COc2ccccc2)c1. The molecule has 0 fully saturated rings. The van der Waals surface area contributed by atoms with Crippen molar-refractivity contribution in [3.63, 3.8) is 0 Å². The number of aliphatic hydroxyl groups excluding tert-OH is 1. The van der Waals surface area contributed by atoms with Gasteiger partial charge in [0.15, 0.2) is 0 Å². The molecule has 1 unspecified atom stereocenters. The molecule has 0 amide bonds. The molecule has 0 spiro atoms. The number of hydrogen-bond acceptors (Lipinski definition) is 4. The van der Waals surface area contributed by atoms with Crippen LogP contribution in [0.1, 0.15) is 0 Å². The molecule has 2 rings (SSSR count). The number of methoxy groups -OCH3 is 1. The maximum absolute atomic E-state index is 9.93. The number of nitrogens with one attached hydrogen (secondary N) is 1. The van der Waals surface area contributed by atoms with Gasteiger partial charge in [-0.15, -0.1) is 0 Å². The van der Waals surface area contributed by atoms with Crippen molar-refractivity contribution < 1.29 is 14.6 Å². The summed E-state index contributed by atoms with van der Waals surface area (Å²) in [7, 11) is 1.59. The molecule has 2 aromatic rings. The second-order valence-electron chi connectivity index (χ2n) is 4.50. The standard InChI is InChI=1S/C16H18ClNO3/c1-20-14-7-8-15(17)16(9-14)18-10-12(19)11-21-13-5-3-2-4-6-13/h2-9,12,18-19H,10-11H2,1H3. The van der Waals surface area contributed by atoms with Crippen molar-refractivity contribution in [2.75, 3.05) is 25.6 Å². The third-order valence-electron chi connectivity index (χ3n) is 2.89. The topological polar surface area (TPSA) is 50.7 Å². The average Bonchev–Trinajstić information content (AvgIpc) is 2.53. The molecule has 5 heteroatoms. The minimum Gasteiger partial charge on any atom is -0.497 e. The Morgan fingerprint density at radius 1 is 1.14 bits per heavy atom. The van der Waals surface area contributed by atoms with Gasteiger partial charge >= 0.3 is 0 Å². The van der Waals surface area contributed by atoms with E-state index in [1.807, 2.05) is 30.3 Å². The Balaban J connectivity index is 1.82. The van der Waals surface area contributed by atoms with Crippen molar-refractivity contribution >= 4 is 17.3 Å². The van der Waals surface area contributed by atoms with Crippen LogP contribution in [-0.4, -0.2) is 31.5 Å². The monoisotopic (exact) mass is 307 g/mol. The van der Waals surface area contributed by atoms with Crippen LogP contribution in [0.2, 0.25) is 5.02 Å². The zero-order valence-electron chi connectivity index (χ0n) is 11.8. The fraction of sp³-hybridized carbons (Fsp3) is 0.250. The highest BCUT2D eigenvalue weighted by molar-refractivity contribution is 6.33. The van der Waals surface area contributed by atoms with E-state index in [9.17, 15) is 5.11 Å². The predicted molar refractivity (Wildman–Crippen MR) is 84.4 cm³/mol. The van der Waals surface area contributed by atoms with E-state index >= 15 is 0 Å². The summed E-state index contributed by atoms with van der Waals surface area (Å²) in [4.78, 5) is 0. The zero-order valence-corrected chi connectivity index (χ0v) is 12.5. The number of aliphatic hydroxyl groups is 1. The molecule has 112 valence electrons. The van der Waals surface area contributed by atoms with Crippen molar-refractivity contribution in [3.8, 4) is 11.5 Å². The van der Waals surface area contributed by atoms with E-state index in [2.05, 4.69) is 5.32 Å². The largest absolute Gasteiger partial charge is 0.497 e. The van der Waals surface area contributed by atoms with Crippen molar-refractivity contribution in [2.45, 2.75) is 6.10 Å². The molecule has 21 heavy (non-hydrogen) atoms. The van der Waals surface area contributed by atoms with Crippen molar-refractivity contribution in [1.29, 1.82) is 0 Å². The molecule has 0 saturated carbocycles. The summed E-state index contributed by atoms with van der Waals surface area (Å²) in [6, 6.07) is 14.7. The van der Waals surface area contributed by atoms with Gasteiger partial charge in [-0.3, -0.25) is 0 Å². The number of anilines is 1. The van der Waals surface area contributed by atoms with Crippen LogP contribution in [0.4, 0.5) is 5.69 Å². The Bertz CT molecular complexity index is 563. The van der Waals surface area contributed by atoms with Gasteiger partial charge in [-0.2, -0.15) is 0 Å². The number of halogens is 1. The van der Waals surface area contributed by atoms with Crippen LogP contribution in [0.5, 0.6) is 11.5 Å². The fourth-order valence-electron chi connectivity index (χ4n) is 1.76. The van der Waals surface area contributed by atoms with E-state index in [-0.39, 0.29) is 6.61 Å². The first-order valence-corrected chi connectivity index (χ1v) is 7.00. The van der Waals surface area contributed by atoms with E-state index in [4.69, 9.17) is 21.1 Å². The second kappa shape index (κ2) is 7.76. The van der Waals surface area contributed by atoms with Crippen molar-refractivity contribution in [3.05, 3.63) is 53.6 Å². The van der Waals surface area contributed by atoms with Gasteiger partial charge in [0.2, 0.25) is 0 Å². The molecule has 0 radical (unpaired) electrons. The van der Waals surface area contributed by atoms with Gasteiger partial charge in [0.25, 0.3) is 0 Å². The second-order valence-corrected chi connectivity index (χ2v) is 4.91. The van der Waals surface area contributed by atoms with Gasteiger partial charge in [-0.1, -0.05) is 29.8 Å². The Morgan fingerprint density at radius 2 is 1.90 bits per heavy atom. The zero-order chi connectivity index (χ0) is 15.1. The van der Waals surface area contributed by atoms with E-state index in [1.165, 1.54) is 0 Å². The number of ether oxygens (including phenoxy) is 2. The normalized spacial score (nSPS) is 11.8. The smallest absolute Gasteiger partial charge is 0.121 e. The molecule has 0 aromatic heterocycles. The third-order valence-corrected chi connectivity index (χ3v) is 3.22. The van der Waals surface area contributed by atoms with Crippen LogP contribution in [-0.2, 0) is 0 Å². The van der Waals surface area contributed by atoms with Crippen LogP contribution in [0.3, 0.4) is 0 Å². The summed E-state index contributed by atoms with van der Waals surface area (Å²) in [5.74, 6) is 1.44. The van der Waals surface area contributed by atoms with Gasteiger partial charge < -0.3 is 19.9 Å². The maximum Gasteiger partial charge on any atom is 0.121 e. The Morgan fingerprint density at radius 3 is 2.62 bits per heavy atom. The van der Waals surface area contributed by atoms with Gasteiger partial charge in [0, 0.05) is 12.6 Å².